The van der Waals surface area contributed by atoms with Gasteiger partial charge in [0.2, 0.25) is 5.91 Å². The molecular weight excluding hydrogens is 252 g/mol. The van der Waals surface area contributed by atoms with E-state index in [0.29, 0.717) is 13.0 Å². The number of carbonyl (C=O) groups is 2. The summed E-state index contributed by atoms with van der Waals surface area (Å²) in [4.78, 5) is 24.7. The largest absolute Gasteiger partial charge is 0.328 e. The molecule has 1 saturated heterocycles. The maximum Gasteiger partial charge on any atom is 0.328 e. The minimum atomic E-state index is -0.393. The summed E-state index contributed by atoms with van der Waals surface area (Å²) in [7, 11) is 0. The van der Waals surface area contributed by atoms with Crippen molar-refractivity contribution in [3.8, 4) is 12.3 Å². The van der Waals surface area contributed by atoms with E-state index in [0.717, 1.165) is 16.8 Å². The van der Waals surface area contributed by atoms with Crippen molar-refractivity contribution in [3.63, 3.8) is 0 Å². The number of anilines is 1. The van der Waals surface area contributed by atoms with Gasteiger partial charge in [-0.25, -0.2) is 4.79 Å². The van der Waals surface area contributed by atoms with Crippen molar-refractivity contribution >= 4 is 17.6 Å². The van der Waals surface area contributed by atoms with Crippen LogP contribution in [0.5, 0.6) is 0 Å². The first-order valence-corrected chi connectivity index (χ1v) is 6.55. The Bertz CT molecular complexity index is 606. The predicted octanol–water partition coefficient (Wildman–Crippen LogP) is 2.41. The lowest BCUT2D eigenvalue weighted by Crippen LogP contribution is -2.49. The topological polar surface area (TPSA) is 49.4 Å². The SMILES string of the molecule is C#Cc1cc(N2CCC(=O)NC2=O)cc(C(C)(C)C)c1. The Morgan fingerprint density at radius 1 is 1.25 bits per heavy atom. The molecular formula is C16H18N2O2. The number of imide groups is 1. The summed E-state index contributed by atoms with van der Waals surface area (Å²) in [5.41, 5.74) is 2.46. The van der Waals surface area contributed by atoms with E-state index in [4.69, 9.17) is 6.42 Å². The number of carbonyl (C=O) groups excluding carboxylic acids is 2. The standard InChI is InChI=1S/C16H18N2O2/c1-5-11-8-12(16(2,3)4)10-13(9-11)18-7-6-14(19)17-15(18)20/h1,8-10H,6-7H2,2-4H3,(H,17,19,20). The molecule has 1 aromatic rings. The van der Waals surface area contributed by atoms with Crippen molar-refractivity contribution in [1.29, 1.82) is 0 Å². The van der Waals surface area contributed by atoms with Gasteiger partial charge in [0.15, 0.2) is 0 Å². The number of hydrogen-bond donors (Lipinski definition) is 1. The van der Waals surface area contributed by atoms with Crippen LogP contribution < -0.4 is 10.2 Å². The quantitative estimate of drug-likeness (QED) is 0.797. The van der Waals surface area contributed by atoms with Crippen LogP contribution in [0.15, 0.2) is 18.2 Å². The fourth-order valence-electron chi connectivity index (χ4n) is 2.09. The molecule has 0 radical (unpaired) electrons. The van der Waals surface area contributed by atoms with E-state index < -0.39 is 6.03 Å². The summed E-state index contributed by atoms with van der Waals surface area (Å²) in [5.74, 6) is 2.38. The highest BCUT2D eigenvalue weighted by atomic mass is 16.2. The zero-order valence-electron chi connectivity index (χ0n) is 12.0. The van der Waals surface area contributed by atoms with Crippen LogP contribution in [0.3, 0.4) is 0 Å². The number of rotatable bonds is 1. The second kappa shape index (κ2) is 5.01. The number of benzene rings is 1. The van der Waals surface area contributed by atoms with Gasteiger partial charge < -0.3 is 0 Å². The maximum atomic E-state index is 11.9. The predicted molar refractivity (Wildman–Crippen MR) is 78.6 cm³/mol. The lowest BCUT2D eigenvalue weighted by atomic mass is 9.85. The Morgan fingerprint density at radius 3 is 2.50 bits per heavy atom. The van der Waals surface area contributed by atoms with Gasteiger partial charge in [0.25, 0.3) is 0 Å². The van der Waals surface area contributed by atoms with Crippen molar-refractivity contribution in [2.24, 2.45) is 0 Å². The van der Waals surface area contributed by atoms with Gasteiger partial charge in [-0.15, -0.1) is 6.42 Å². The Labute approximate surface area is 119 Å². The monoisotopic (exact) mass is 270 g/mol. The number of nitrogens with one attached hydrogen (secondary N) is 1. The molecule has 1 fully saturated rings. The Hall–Kier alpha value is -2.28. The summed E-state index contributed by atoms with van der Waals surface area (Å²) in [6.07, 6.45) is 5.80. The molecule has 0 unspecified atom stereocenters. The van der Waals surface area contributed by atoms with E-state index in [1.165, 1.54) is 0 Å². The van der Waals surface area contributed by atoms with E-state index >= 15 is 0 Å². The fourth-order valence-corrected chi connectivity index (χ4v) is 2.09. The third-order valence-corrected chi connectivity index (χ3v) is 3.32. The van der Waals surface area contributed by atoms with Gasteiger partial charge in [-0.1, -0.05) is 26.7 Å². The van der Waals surface area contributed by atoms with E-state index in [1.54, 1.807) is 11.0 Å². The molecule has 1 aliphatic rings. The molecule has 0 atom stereocenters. The smallest absolute Gasteiger partial charge is 0.294 e. The first-order chi connectivity index (χ1) is 9.31. The zero-order chi connectivity index (χ0) is 14.9. The van der Waals surface area contributed by atoms with Crippen LogP contribution in [0.25, 0.3) is 0 Å². The molecule has 0 aliphatic carbocycles. The van der Waals surface area contributed by atoms with E-state index in [-0.39, 0.29) is 11.3 Å². The Balaban J connectivity index is 2.44. The van der Waals surface area contributed by atoms with Gasteiger partial charge in [0.05, 0.1) is 0 Å². The lowest BCUT2D eigenvalue weighted by Gasteiger charge is -2.28. The molecule has 1 aliphatic heterocycles. The van der Waals surface area contributed by atoms with E-state index in [1.807, 2.05) is 12.1 Å². The minimum Gasteiger partial charge on any atom is -0.294 e. The minimum absolute atomic E-state index is 0.0658. The third kappa shape index (κ3) is 2.83. The van der Waals surface area contributed by atoms with Crippen LogP contribution in [0, 0.1) is 12.3 Å². The molecule has 4 heteroatoms. The van der Waals surface area contributed by atoms with Crippen molar-refractivity contribution in [3.05, 3.63) is 29.3 Å². The highest BCUT2D eigenvalue weighted by molar-refractivity contribution is 6.05. The van der Waals surface area contributed by atoms with Gasteiger partial charge in [0.1, 0.15) is 0 Å². The van der Waals surface area contributed by atoms with Crippen molar-refractivity contribution in [1.82, 2.24) is 5.32 Å². The number of nitrogens with zero attached hydrogens (tertiary/aromatic N) is 1. The average molecular weight is 270 g/mol. The molecule has 1 aromatic carbocycles. The highest BCUT2D eigenvalue weighted by Crippen LogP contribution is 2.28. The van der Waals surface area contributed by atoms with Gasteiger partial charge >= 0.3 is 6.03 Å². The second-order valence-electron chi connectivity index (χ2n) is 5.92. The van der Waals surface area contributed by atoms with Crippen LogP contribution in [0.2, 0.25) is 0 Å². The fraction of sp³-hybridized carbons (Fsp3) is 0.375. The van der Waals surface area contributed by atoms with Crippen LogP contribution in [-0.4, -0.2) is 18.5 Å². The van der Waals surface area contributed by atoms with Crippen molar-refractivity contribution < 1.29 is 9.59 Å². The third-order valence-electron chi connectivity index (χ3n) is 3.32. The molecule has 20 heavy (non-hydrogen) atoms. The van der Waals surface area contributed by atoms with Crippen LogP contribution in [0.1, 0.15) is 38.3 Å². The van der Waals surface area contributed by atoms with Gasteiger partial charge in [-0.2, -0.15) is 0 Å². The van der Waals surface area contributed by atoms with E-state index in [9.17, 15) is 9.59 Å². The molecule has 3 amide bonds. The normalized spacial score (nSPS) is 15.8. The molecule has 0 saturated carbocycles. The summed E-state index contributed by atoms with van der Waals surface area (Å²) in [5, 5.41) is 2.32. The van der Waals surface area contributed by atoms with Crippen LogP contribution in [-0.2, 0) is 10.2 Å². The molecule has 1 N–H and O–H groups in total. The number of amides is 3. The first-order valence-electron chi connectivity index (χ1n) is 6.55. The molecule has 104 valence electrons. The van der Waals surface area contributed by atoms with Crippen molar-refractivity contribution in [2.75, 3.05) is 11.4 Å². The molecule has 0 bridgehead atoms. The zero-order valence-corrected chi connectivity index (χ0v) is 12.0. The van der Waals surface area contributed by atoms with Gasteiger partial charge in [-0.3, -0.25) is 15.0 Å². The highest BCUT2D eigenvalue weighted by Gasteiger charge is 2.25. The lowest BCUT2D eigenvalue weighted by molar-refractivity contribution is -0.120. The summed E-state index contributed by atoms with van der Waals surface area (Å²) in [6, 6.07) is 5.31. The Morgan fingerprint density at radius 2 is 1.95 bits per heavy atom. The summed E-state index contributed by atoms with van der Waals surface area (Å²) in [6.45, 7) is 6.65. The molecule has 0 aromatic heterocycles. The second-order valence-corrected chi connectivity index (χ2v) is 5.92. The number of hydrogen-bond acceptors (Lipinski definition) is 2. The average Bonchev–Trinajstić information content (AvgIpc) is 2.37. The number of urea groups is 1. The summed E-state index contributed by atoms with van der Waals surface area (Å²) >= 11 is 0. The van der Waals surface area contributed by atoms with Crippen LogP contribution in [0.4, 0.5) is 10.5 Å². The molecule has 0 spiro atoms. The summed E-state index contributed by atoms with van der Waals surface area (Å²) < 4.78 is 0. The van der Waals surface area contributed by atoms with E-state index in [2.05, 4.69) is 32.0 Å². The molecule has 4 nitrogen and oxygen atoms in total. The maximum absolute atomic E-state index is 11.9. The van der Waals surface area contributed by atoms with Gasteiger partial charge in [0, 0.05) is 24.2 Å². The van der Waals surface area contributed by atoms with Crippen LogP contribution >= 0.6 is 0 Å². The first kappa shape index (κ1) is 14.1. The number of terminal acetylenes is 1. The van der Waals surface area contributed by atoms with Gasteiger partial charge in [-0.05, 0) is 29.2 Å². The molecule has 1 heterocycles. The van der Waals surface area contributed by atoms with Crippen molar-refractivity contribution in [2.45, 2.75) is 32.6 Å². The Kier molecular flexibility index (Phi) is 3.54. The molecule has 2 rings (SSSR count).